The summed E-state index contributed by atoms with van der Waals surface area (Å²) in [5, 5.41) is 22.3. The highest BCUT2D eigenvalue weighted by Gasteiger charge is 2.06. The van der Waals surface area contributed by atoms with Crippen molar-refractivity contribution in [3.05, 3.63) is 89.7 Å². The standard InChI is InChI=1S/C23H24N2O3/c26-22(21-4-2-14-24-15-21)16-25-13-1-3-17-5-7-18(8-6-17)19-9-11-20(12-10-19)23(27)28/h2,4-12,14-15,22,25-26H,1,3,13,16H2,(H,27,28)/t22-/m1/s1. The van der Waals surface area contributed by atoms with E-state index in [0.29, 0.717) is 12.1 Å². The van der Waals surface area contributed by atoms with Gasteiger partial charge >= 0.3 is 5.97 Å². The zero-order valence-corrected chi connectivity index (χ0v) is 15.6. The van der Waals surface area contributed by atoms with Crippen molar-refractivity contribution in [2.45, 2.75) is 18.9 Å². The number of pyridine rings is 1. The monoisotopic (exact) mass is 376 g/mol. The molecule has 3 aromatic rings. The number of hydrogen-bond donors (Lipinski definition) is 3. The number of aromatic nitrogens is 1. The van der Waals surface area contributed by atoms with E-state index in [0.717, 1.165) is 36.1 Å². The van der Waals surface area contributed by atoms with Gasteiger partial charge in [-0.2, -0.15) is 0 Å². The van der Waals surface area contributed by atoms with E-state index in [1.54, 1.807) is 24.5 Å². The average Bonchev–Trinajstić information content (AvgIpc) is 2.74. The largest absolute Gasteiger partial charge is 0.478 e. The molecule has 0 aliphatic carbocycles. The molecule has 0 aliphatic rings. The Kier molecular flexibility index (Phi) is 6.89. The van der Waals surface area contributed by atoms with Gasteiger partial charge in [-0.3, -0.25) is 4.98 Å². The fourth-order valence-electron chi connectivity index (χ4n) is 3.02. The minimum atomic E-state index is -0.913. The van der Waals surface area contributed by atoms with Crippen LogP contribution in [0.5, 0.6) is 0 Å². The number of aliphatic hydroxyl groups excluding tert-OH is 1. The lowest BCUT2D eigenvalue weighted by Gasteiger charge is -2.11. The number of benzene rings is 2. The maximum atomic E-state index is 10.9. The summed E-state index contributed by atoms with van der Waals surface area (Å²) in [6.07, 6.45) is 4.77. The Hall–Kier alpha value is -3.02. The molecule has 5 nitrogen and oxygen atoms in total. The number of nitrogens with zero attached hydrogens (tertiary/aromatic N) is 1. The van der Waals surface area contributed by atoms with Gasteiger partial charge in [-0.15, -0.1) is 0 Å². The van der Waals surface area contributed by atoms with Crippen molar-refractivity contribution in [2.24, 2.45) is 0 Å². The fraction of sp³-hybridized carbons (Fsp3) is 0.217. The number of carbonyl (C=O) groups is 1. The van der Waals surface area contributed by atoms with E-state index in [1.165, 1.54) is 5.56 Å². The average molecular weight is 376 g/mol. The van der Waals surface area contributed by atoms with Crippen molar-refractivity contribution < 1.29 is 15.0 Å². The lowest BCUT2D eigenvalue weighted by Crippen LogP contribution is -2.22. The zero-order chi connectivity index (χ0) is 19.8. The fourth-order valence-corrected chi connectivity index (χ4v) is 3.02. The summed E-state index contributed by atoms with van der Waals surface area (Å²) in [5.41, 5.74) is 4.44. The van der Waals surface area contributed by atoms with Crippen LogP contribution >= 0.6 is 0 Å². The van der Waals surface area contributed by atoms with Crippen molar-refractivity contribution in [3.8, 4) is 11.1 Å². The number of aromatic carboxylic acids is 1. The van der Waals surface area contributed by atoms with Gasteiger partial charge in [0.2, 0.25) is 0 Å². The van der Waals surface area contributed by atoms with Gasteiger partial charge < -0.3 is 15.5 Å². The van der Waals surface area contributed by atoms with Crippen LogP contribution in [0.15, 0.2) is 73.1 Å². The number of carboxylic acid groups (broad SMARTS) is 1. The maximum absolute atomic E-state index is 10.9. The smallest absolute Gasteiger partial charge is 0.335 e. The molecule has 28 heavy (non-hydrogen) atoms. The number of hydrogen-bond acceptors (Lipinski definition) is 4. The van der Waals surface area contributed by atoms with Crippen molar-refractivity contribution in [3.63, 3.8) is 0 Å². The molecule has 0 spiro atoms. The van der Waals surface area contributed by atoms with E-state index in [-0.39, 0.29) is 0 Å². The van der Waals surface area contributed by atoms with Crippen LogP contribution in [0, 0.1) is 0 Å². The van der Waals surface area contributed by atoms with Crippen LogP contribution in [-0.4, -0.2) is 34.3 Å². The van der Waals surface area contributed by atoms with E-state index in [4.69, 9.17) is 5.11 Å². The Balaban J connectivity index is 1.42. The molecule has 1 atom stereocenters. The first-order valence-electron chi connectivity index (χ1n) is 9.35. The highest BCUT2D eigenvalue weighted by Crippen LogP contribution is 2.21. The second kappa shape index (κ2) is 9.78. The van der Waals surface area contributed by atoms with Crippen LogP contribution in [0.4, 0.5) is 0 Å². The molecule has 0 saturated carbocycles. The van der Waals surface area contributed by atoms with Gasteiger partial charge in [-0.1, -0.05) is 42.5 Å². The maximum Gasteiger partial charge on any atom is 0.335 e. The molecule has 2 aromatic carbocycles. The topological polar surface area (TPSA) is 82.5 Å². The molecule has 3 N–H and O–H groups in total. The van der Waals surface area contributed by atoms with Crippen molar-refractivity contribution in [2.75, 3.05) is 13.1 Å². The van der Waals surface area contributed by atoms with E-state index >= 15 is 0 Å². The molecule has 3 rings (SSSR count). The van der Waals surface area contributed by atoms with Gasteiger partial charge in [-0.25, -0.2) is 4.79 Å². The highest BCUT2D eigenvalue weighted by molar-refractivity contribution is 5.88. The van der Waals surface area contributed by atoms with Crippen molar-refractivity contribution in [1.82, 2.24) is 10.3 Å². The van der Waals surface area contributed by atoms with Gasteiger partial charge in [-0.05, 0) is 54.3 Å². The quantitative estimate of drug-likeness (QED) is 0.496. The molecule has 0 fully saturated rings. The Bertz CT molecular complexity index is 878. The van der Waals surface area contributed by atoms with Crippen LogP contribution < -0.4 is 5.32 Å². The summed E-state index contributed by atoms with van der Waals surface area (Å²) in [7, 11) is 0. The molecule has 0 saturated heterocycles. The van der Waals surface area contributed by atoms with Crippen LogP contribution in [0.2, 0.25) is 0 Å². The summed E-state index contributed by atoms with van der Waals surface area (Å²) >= 11 is 0. The molecule has 0 radical (unpaired) electrons. The van der Waals surface area contributed by atoms with Crippen molar-refractivity contribution >= 4 is 5.97 Å². The Labute approximate surface area is 164 Å². The Morgan fingerprint density at radius 1 is 1.00 bits per heavy atom. The second-order valence-corrected chi connectivity index (χ2v) is 6.69. The first-order valence-corrected chi connectivity index (χ1v) is 9.35. The third-order valence-electron chi connectivity index (χ3n) is 4.64. The molecule has 0 bridgehead atoms. The highest BCUT2D eigenvalue weighted by atomic mass is 16.4. The number of aliphatic hydroxyl groups is 1. The Morgan fingerprint density at radius 2 is 1.68 bits per heavy atom. The van der Waals surface area contributed by atoms with E-state index in [9.17, 15) is 9.90 Å². The molecule has 0 unspecified atom stereocenters. The van der Waals surface area contributed by atoms with Gasteiger partial charge in [0, 0.05) is 24.5 Å². The Morgan fingerprint density at radius 3 is 2.29 bits per heavy atom. The van der Waals surface area contributed by atoms with Gasteiger partial charge in [0.25, 0.3) is 0 Å². The summed E-state index contributed by atoms with van der Waals surface area (Å²) in [5.74, 6) is -0.913. The van der Waals surface area contributed by atoms with Crippen LogP contribution in [-0.2, 0) is 6.42 Å². The number of carboxylic acids is 1. The van der Waals surface area contributed by atoms with Gasteiger partial charge in [0.1, 0.15) is 0 Å². The molecule has 1 heterocycles. The SMILES string of the molecule is O=C(O)c1ccc(-c2ccc(CCCNC[C@@H](O)c3cccnc3)cc2)cc1. The third-order valence-corrected chi connectivity index (χ3v) is 4.64. The lowest BCUT2D eigenvalue weighted by atomic mass is 10.0. The number of aryl methyl sites for hydroxylation is 1. The van der Waals surface area contributed by atoms with Crippen molar-refractivity contribution in [1.29, 1.82) is 0 Å². The second-order valence-electron chi connectivity index (χ2n) is 6.69. The lowest BCUT2D eigenvalue weighted by molar-refractivity contribution is 0.0697. The van der Waals surface area contributed by atoms with E-state index in [2.05, 4.69) is 34.6 Å². The molecular formula is C23H24N2O3. The molecule has 144 valence electrons. The van der Waals surface area contributed by atoms with E-state index < -0.39 is 12.1 Å². The minimum Gasteiger partial charge on any atom is -0.478 e. The summed E-state index contributed by atoms with van der Waals surface area (Å²) in [6.45, 7) is 1.34. The first kappa shape index (κ1) is 19.7. The normalized spacial score (nSPS) is 11.9. The molecule has 0 amide bonds. The van der Waals surface area contributed by atoms with Gasteiger partial charge in [0.15, 0.2) is 0 Å². The first-order chi connectivity index (χ1) is 13.6. The number of rotatable bonds is 9. The summed E-state index contributed by atoms with van der Waals surface area (Å²) in [4.78, 5) is 14.9. The van der Waals surface area contributed by atoms with Crippen LogP contribution in [0.1, 0.15) is 34.0 Å². The zero-order valence-electron chi connectivity index (χ0n) is 15.6. The predicted molar refractivity (Wildman–Crippen MR) is 109 cm³/mol. The van der Waals surface area contributed by atoms with Gasteiger partial charge in [0.05, 0.1) is 11.7 Å². The minimum absolute atomic E-state index is 0.293. The summed E-state index contributed by atoms with van der Waals surface area (Å²) < 4.78 is 0. The molecular weight excluding hydrogens is 352 g/mol. The van der Waals surface area contributed by atoms with E-state index in [1.807, 2.05) is 24.3 Å². The van der Waals surface area contributed by atoms with Crippen LogP contribution in [0.25, 0.3) is 11.1 Å². The molecule has 1 aromatic heterocycles. The summed E-state index contributed by atoms with van der Waals surface area (Å²) in [6, 6.07) is 18.9. The van der Waals surface area contributed by atoms with Crippen LogP contribution in [0.3, 0.4) is 0 Å². The number of nitrogens with one attached hydrogen (secondary N) is 1. The third kappa shape index (κ3) is 5.49. The molecule has 0 aliphatic heterocycles. The molecule has 5 heteroatoms. The predicted octanol–water partition coefficient (Wildman–Crippen LogP) is 3.70.